The van der Waals surface area contributed by atoms with Crippen molar-refractivity contribution in [3.05, 3.63) is 85.7 Å². The fraction of sp³-hybridized carbons (Fsp3) is 0. The van der Waals surface area contributed by atoms with Gasteiger partial charge in [0.1, 0.15) is 0 Å². The van der Waals surface area contributed by atoms with Gasteiger partial charge in [-0.25, -0.2) is 0 Å². The predicted molar refractivity (Wildman–Crippen MR) is 99.2 cm³/mol. The molecule has 0 aliphatic rings. The van der Waals surface area contributed by atoms with Gasteiger partial charge in [-0.05, 0) is 30.3 Å². The minimum atomic E-state index is -0.476. The topological polar surface area (TPSA) is 78.0 Å². The minimum Gasteiger partial charge on any atom is -0.276 e. The molecule has 0 saturated carbocycles. The van der Waals surface area contributed by atoms with Crippen LogP contribution in [0.1, 0.15) is 0 Å². The molecule has 122 valence electrons. The number of fused-ring (bicyclic) bond motifs is 3. The zero-order chi connectivity index (χ0) is 17.6. The first-order chi connectivity index (χ1) is 12.0. The molecule has 0 spiro atoms. The SMILES string of the molecule is O=c1ccc2cnc3ccc(Br)cc3c2n1-c1cccc([N+](=O)[O-])c1. The van der Waals surface area contributed by atoms with Gasteiger partial charge < -0.3 is 0 Å². The highest BCUT2D eigenvalue weighted by Crippen LogP contribution is 2.28. The molecule has 0 saturated heterocycles. The van der Waals surface area contributed by atoms with E-state index in [1.807, 2.05) is 18.2 Å². The van der Waals surface area contributed by atoms with E-state index in [9.17, 15) is 14.9 Å². The lowest BCUT2D eigenvalue weighted by molar-refractivity contribution is -0.384. The van der Waals surface area contributed by atoms with Crippen LogP contribution in [0.3, 0.4) is 0 Å². The lowest BCUT2D eigenvalue weighted by Crippen LogP contribution is -2.17. The van der Waals surface area contributed by atoms with E-state index in [2.05, 4.69) is 20.9 Å². The Bertz CT molecular complexity index is 1220. The van der Waals surface area contributed by atoms with Gasteiger partial charge >= 0.3 is 0 Å². The number of pyridine rings is 2. The molecular weight excluding hydrogens is 386 g/mol. The zero-order valence-electron chi connectivity index (χ0n) is 12.7. The summed E-state index contributed by atoms with van der Waals surface area (Å²) in [5.74, 6) is 0. The van der Waals surface area contributed by atoms with Gasteiger partial charge in [0, 0.05) is 39.6 Å². The lowest BCUT2D eigenvalue weighted by atomic mass is 10.1. The Kier molecular flexibility index (Phi) is 3.58. The number of hydrogen-bond donors (Lipinski definition) is 0. The van der Waals surface area contributed by atoms with Crippen molar-refractivity contribution < 1.29 is 4.92 Å². The number of benzene rings is 2. The van der Waals surface area contributed by atoms with Gasteiger partial charge in [-0.2, -0.15) is 0 Å². The maximum atomic E-state index is 12.6. The quantitative estimate of drug-likeness (QED) is 0.289. The second-order valence-electron chi connectivity index (χ2n) is 5.51. The molecule has 25 heavy (non-hydrogen) atoms. The Hall–Kier alpha value is -3.06. The highest BCUT2D eigenvalue weighted by Gasteiger charge is 2.13. The number of nitro groups is 1. The number of nitro benzene ring substituents is 1. The molecule has 2 heterocycles. The second kappa shape index (κ2) is 5.78. The summed E-state index contributed by atoms with van der Waals surface area (Å²) in [5.41, 5.74) is 1.51. The molecule has 4 rings (SSSR count). The molecule has 0 fully saturated rings. The van der Waals surface area contributed by atoms with Gasteiger partial charge in [-0.1, -0.05) is 22.0 Å². The third kappa shape index (κ3) is 2.58. The number of halogens is 1. The highest BCUT2D eigenvalue weighted by molar-refractivity contribution is 9.10. The Labute approximate surface area is 149 Å². The van der Waals surface area contributed by atoms with Gasteiger partial charge in [0.25, 0.3) is 11.2 Å². The first-order valence-corrected chi connectivity index (χ1v) is 8.19. The van der Waals surface area contributed by atoms with Crippen LogP contribution in [0.15, 0.2) is 70.1 Å². The number of aromatic nitrogens is 2. The van der Waals surface area contributed by atoms with Crippen LogP contribution in [-0.2, 0) is 0 Å². The molecule has 0 aliphatic heterocycles. The van der Waals surface area contributed by atoms with Gasteiger partial charge in [-0.15, -0.1) is 0 Å². The zero-order valence-corrected chi connectivity index (χ0v) is 14.3. The average molecular weight is 396 g/mol. The van der Waals surface area contributed by atoms with Crippen LogP contribution in [0, 0.1) is 10.1 Å². The summed E-state index contributed by atoms with van der Waals surface area (Å²) in [6.45, 7) is 0. The first kappa shape index (κ1) is 15.5. The maximum absolute atomic E-state index is 12.6. The van der Waals surface area contributed by atoms with Crippen molar-refractivity contribution in [2.24, 2.45) is 0 Å². The van der Waals surface area contributed by atoms with Crippen LogP contribution >= 0.6 is 15.9 Å². The fourth-order valence-electron chi connectivity index (χ4n) is 2.89. The van der Waals surface area contributed by atoms with E-state index in [0.29, 0.717) is 11.2 Å². The van der Waals surface area contributed by atoms with Gasteiger partial charge in [-0.3, -0.25) is 24.5 Å². The van der Waals surface area contributed by atoms with Crippen LogP contribution in [0.5, 0.6) is 0 Å². The summed E-state index contributed by atoms with van der Waals surface area (Å²) in [5, 5.41) is 12.7. The third-order valence-corrected chi connectivity index (χ3v) is 4.47. The Balaban J connectivity index is 2.18. The number of hydrogen-bond acceptors (Lipinski definition) is 4. The summed E-state index contributed by atoms with van der Waals surface area (Å²) in [6, 6.07) is 14.8. The van der Waals surface area contributed by atoms with E-state index in [0.717, 1.165) is 20.8 Å². The van der Waals surface area contributed by atoms with E-state index in [-0.39, 0.29) is 11.2 Å². The van der Waals surface area contributed by atoms with E-state index in [1.54, 1.807) is 24.4 Å². The third-order valence-electron chi connectivity index (χ3n) is 3.98. The molecule has 0 aliphatic carbocycles. The smallest absolute Gasteiger partial charge is 0.271 e. The standard InChI is InChI=1S/C18H10BrN3O3/c19-12-5-6-16-15(8-12)18-11(10-20-16)4-7-17(23)21(18)13-2-1-3-14(9-13)22(24)25/h1-10H. The molecule has 0 N–H and O–H groups in total. The van der Waals surface area contributed by atoms with Crippen molar-refractivity contribution in [3.8, 4) is 5.69 Å². The number of nitrogens with zero attached hydrogens (tertiary/aromatic N) is 3. The van der Waals surface area contributed by atoms with E-state index < -0.39 is 4.92 Å². The summed E-state index contributed by atoms with van der Waals surface area (Å²) < 4.78 is 2.34. The van der Waals surface area contributed by atoms with Crippen molar-refractivity contribution >= 4 is 43.4 Å². The van der Waals surface area contributed by atoms with Gasteiger partial charge in [0.2, 0.25) is 0 Å². The Morgan fingerprint density at radius 2 is 1.92 bits per heavy atom. The van der Waals surface area contributed by atoms with Crippen LogP contribution in [0.4, 0.5) is 5.69 Å². The highest BCUT2D eigenvalue weighted by atomic mass is 79.9. The molecule has 4 aromatic rings. The van der Waals surface area contributed by atoms with Crippen molar-refractivity contribution in [1.29, 1.82) is 0 Å². The molecular formula is C18H10BrN3O3. The Morgan fingerprint density at radius 3 is 2.72 bits per heavy atom. The van der Waals surface area contributed by atoms with Crippen LogP contribution in [0.25, 0.3) is 27.5 Å². The minimum absolute atomic E-state index is 0.0686. The second-order valence-corrected chi connectivity index (χ2v) is 6.42. The van der Waals surface area contributed by atoms with Crippen molar-refractivity contribution in [2.45, 2.75) is 0 Å². The maximum Gasteiger partial charge on any atom is 0.271 e. The summed E-state index contributed by atoms with van der Waals surface area (Å²) in [7, 11) is 0. The Morgan fingerprint density at radius 1 is 1.08 bits per heavy atom. The molecule has 0 bridgehead atoms. The van der Waals surface area contributed by atoms with Crippen LogP contribution < -0.4 is 5.56 Å². The summed E-state index contributed by atoms with van der Waals surface area (Å²) in [4.78, 5) is 27.6. The van der Waals surface area contributed by atoms with E-state index in [1.165, 1.54) is 22.8 Å². The summed E-state index contributed by atoms with van der Waals surface area (Å²) >= 11 is 3.44. The van der Waals surface area contributed by atoms with E-state index >= 15 is 0 Å². The normalized spacial score (nSPS) is 11.1. The fourth-order valence-corrected chi connectivity index (χ4v) is 3.25. The lowest BCUT2D eigenvalue weighted by Gasteiger charge is -2.12. The molecule has 0 radical (unpaired) electrons. The molecule has 2 aromatic heterocycles. The van der Waals surface area contributed by atoms with E-state index in [4.69, 9.17) is 0 Å². The molecule has 2 aromatic carbocycles. The first-order valence-electron chi connectivity index (χ1n) is 7.39. The van der Waals surface area contributed by atoms with Crippen molar-refractivity contribution in [1.82, 2.24) is 9.55 Å². The number of non-ortho nitro benzene ring substituents is 1. The molecule has 0 atom stereocenters. The average Bonchev–Trinajstić information content (AvgIpc) is 2.61. The van der Waals surface area contributed by atoms with Gasteiger partial charge in [0.15, 0.2) is 0 Å². The predicted octanol–water partition coefficient (Wildman–Crippen LogP) is 4.21. The van der Waals surface area contributed by atoms with Crippen molar-refractivity contribution in [2.75, 3.05) is 0 Å². The molecule has 6 nitrogen and oxygen atoms in total. The monoisotopic (exact) mass is 395 g/mol. The molecule has 7 heteroatoms. The largest absolute Gasteiger partial charge is 0.276 e. The molecule has 0 amide bonds. The van der Waals surface area contributed by atoms with Crippen molar-refractivity contribution in [3.63, 3.8) is 0 Å². The van der Waals surface area contributed by atoms with Crippen LogP contribution in [-0.4, -0.2) is 14.5 Å². The molecule has 0 unspecified atom stereocenters. The number of rotatable bonds is 2. The summed E-state index contributed by atoms with van der Waals surface area (Å²) in [6.07, 6.45) is 1.69. The van der Waals surface area contributed by atoms with Gasteiger partial charge in [0.05, 0.1) is 21.6 Å². The van der Waals surface area contributed by atoms with Crippen LogP contribution in [0.2, 0.25) is 0 Å².